The van der Waals surface area contributed by atoms with Gasteiger partial charge in [0.2, 0.25) is 5.91 Å². The zero-order chi connectivity index (χ0) is 23.8. The number of carbonyl (C=O) groups is 1. The summed E-state index contributed by atoms with van der Waals surface area (Å²) in [7, 11) is 4.71. The molecule has 0 aliphatic carbocycles. The number of nitrogens with zero attached hydrogens (tertiary/aromatic N) is 2. The second kappa shape index (κ2) is 11.7. The van der Waals surface area contributed by atoms with E-state index in [0.29, 0.717) is 55.7 Å². The van der Waals surface area contributed by atoms with Crippen molar-refractivity contribution in [3.63, 3.8) is 0 Å². The Labute approximate surface area is 194 Å². The first kappa shape index (κ1) is 24.6. The lowest BCUT2D eigenvalue weighted by molar-refractivity contribution is -0.124. The van der Waals surface area contributed by atoms with Crippen molar-refractivity contribution in [1.29, 1.82) is 0 Å². The van der Waals surface area contributed by atoms with Gasteiger partial charge in [-0.2, -0.15) is 0 Å². The monoisotopic (exact) mass is 459 g/mol. The first-order valence-corrected chi connectivity index (χ1v) is 10.9. The minimum absolute atomic E-state index is 0.163. The molecule has 3 N–H and O–H groups in total. The number of β-amino-alcohol motifs (C(OH)–C–C–N with tert-alkyl or cyclic N) is 1. The molecule has 2 aromatic carbocycles. The van der Waals surface area contributed by atoms with Crippen LogP contribution < -0.4 is 24.7 Å². The Morgan fingerprint density at radius 2 is 1.55 bits per heavy atom. The van der Waals surface area contributed by atoms with E-state index in [9.17, 15) is 9.90 Å². The van der Waals surface area contributed by atoms with Crippen molar-refractivity contribution in [2.45, 2.75) is 12.1 Å². The Morgan fingerprint density at radius 1 is 0.939 bits per heavy atom. The second-order valence-corrected chi connectivity index (χ2v) is 7.87. The normalized spacial score (nSPS) is 16.6. The number of rotatable bonds is 11. The standard InChI is InChI=1S/C24H33N3O6/c1-30-19-6-4-5-7-21(19)33-16-18(28)15-26-10-12-27(13-11-26)23(24(25)29)17-8-9-20(31-2)22(14-17)32-3/h4-9,14,18,23,28H,10-13,15-16H2,1-3H3,(H2,25,29). The molecule has 1 saturated heterocycles. The van der Waals surface area contributed by atoms with Gasteiger partial charge in [0.15, 0.2) is 23.0 Å². The largest absolute Gasteiger partial charge is 0.493 e. The molecule has 2 aromatic rings. The molecular weight excluding hydrogens is 426 g/mol. The fraction of sp³-hybridized carbons (Fsp3) is 0.458. The third-order valence-corrected chi connectivity index (χ3v) is 5.73. The summed E-state index contributed by atoms with van der Waals surface area (Å²) in [6.07, 6.45) is -0.653. The average Bonchev–Trinajstić information content (AvgIpc) is 2.83. The Kier molecular flexibility index (Phi) is 8.76. The van der Waals surface area contributed by atoms with Crippen molar-refractivity contribution in [2.75, 3.05) is 60.7 Å². The number of para-hydroxylation sites is 2. The fourth-order valence-electron chi connectivity index (χ4n) is 4.06. The Hall–Kier alpha value is -3.01. The van der Waals surface area contributed by atoms with Crippen molar-refractivity contribution in [2.24, 2.45) is 5.73 Å². The van der Waals surface area contributed by atoms with Crippen molar-refractivity contribution >= 4 is 5.91 Å². The number of aliphatic hydroxyl groups is 1. The molecule has 0 radical (unpaired) electrons. The highest BCUT2D eigenvalue weighted by Crippen LogP contribution is 2.32. The fourth-order valence-corrected chi connectivity index (χ4v) is 4.06. The molecule has 0 spiro atoms. The Balaban J connectivity index is 1.55. The van der Waals surface area contributed by atoms with Gasteiger partial charge in [0, 0.05) is 32.7 Å². The Bertz CT molecular complexity index is 917. The third kappa shape index (κ3) is 6.28. The van der Waals surface area contributed by atoms with Gasteiger partial charge >= 0.3 is 0 Å². The minimum Gasteiger partial charge on any atom is -0.493 e. The number of primary amides is 1. The predicted molar refractivity (Wildman–Crippen MR) is 124 cm³/mol. The van der Waals surface area contributed by atoms with E-state index in [1.807, 2.05) is 30.3 Å². The highest BCUT2D eigenvalue weighted by atomic mass is 16.5. The number of nitrogens with two attached hydrogens (primary N) is 1. The van der Waals surface area contributed by atoms with Crippen molar-refractivity contribution in [3.05, 3.63) is 48.0 Å². The summed E-state index contributed by atoms with van der Waals surface area (Å²) in [5.74, 6) is 1.96. The molecule has 1 aliphatic heterocycles. The number of carbonyl (C=O) groups excluding carboxylic acids is 1. The lowest BCUT2D eigenvalue weighted by Gasteiger charge is -2.38. The molecule has 1 fully saturated rings. The SMILES string of the molecule is COc1ccc(C(C(N)=O)N2CCN(CC(O)COc3ccccc3OC)CC2)cc1OC. The zero-order valence-corrected chi connectivity index (χ0v) is 19.4. The summed E-state index contributed by atoms with van der Waals surface area (Å²) in [5, 5.41) is 10.5. The molecule has 180 valence electrons. The zero-order valence-electron chi connectivity index (χ0n) is 19.4. The first-order chi connectivity index (χ1) is 16.0. The molecule has 0 saturated carbocycles. The Morgan fingerprint density at radius 3 is 2.15 bits per heavy atom. The van der Waals surface area contributed by atoms with Gasteiger partial charge in [-0.25, -0.2) is 0 Å². The summed E-state index contributed by atoms with van der Waals surface area (Å²) < 4.78 is 21.7. The topological polar surface area (TPSA) is 107 Å². The van der Waals surface area contributed by atoms with E-state index in [1.165, 1.54) is 0 Å². The summed E-state index contributed by atoms with van der Waals surface area (Å²) in [4.78, 5) is 16.5. The lowest BCUT2D eigenvalue weighted by Crippen LogP contribution is -2.52. The lowest BCUT2D eigenvalue weighted by atomic mass is 10.0. The molecular formula is C24H33N3O6. The van der Waals surface area contributed by atoms with E-state index in [1.54, 1.807) is 33.5 Å². The van der Waals surface area contributed by atoms with Crippen LogP contribution in [0.5, 0.6) is 23.0 Å². The highest BCUT2D eigenvalue weighted by Gasteiger charge is 2.30. The molecule has 1 aliphatic rings. The quantitative estimate of drug-likeness (QED) is 0.518. The summed E-state index contributed by atoms with van der Waals surface area (Å²) in [6.45, 7) is 3.31. The second-order valence-electron chi connectivity index (χ2n) is 7.87. The maximum atomic E-state index is 12.3. The van der Waals surface area contributed by atoms with E-state index < -0.39 is 18.1 Å². The van der Waals surface area contributed by atoms with Gasteiger partial charge in [-0.05, 0) is 29.8 Å². The van der Waals surface area contributed by atoms with Gasteiger partial charge < -0.3 is 29.8 Å². The van der Waals surface area contributed by atoms with Gasteiger partial charge in [-0.15, -0.1) is 0 Å². The summed E-state index contributed by atoms with van der Waals surface area (Å²) in [6, 6.07) is 12.2. The minimum atomic E-state index is -0.653. The molecule has 0 aromatic heterocycles. The van der Waals surface area contributed by atoms with Gasteiger partial charge in [0.25, 0.3) is 0 Å². The number of amides is 1. The average molecular weight is 460 g/mol. The van der Waals surface area contributed by atoms with Gasteiger partial charge in [0.1, 0.15) is 18.8 Å². The molecule has 1 heterocycles. The van der Waals surface area contributed by atoms with Crippen LogP contribution >= 0.6 is 0 Å². The van der Waals surface area contributed by atoms with Crippen LogP contribution in [0.1, 0.15) is 11.6 Å². The molecule has 2 atom stereocenters. The number of methoxy groups -OCH3 is 3. The molecule has 9 nitrogen and oxygen atoms in total. The number of aliphatic hydroxyl groups excluding tert-OH is 1. The van der Waals surface area contributed by atoms with Crippen LogP contribution in [-0.4, -0.2) is 87.6 Å². The van der Waals surface area contributed by atoms with E-state index >= 15 is 0 Å². The first-order valence-electron chi connectivity index (χ1n) is 10.9. The van der Waals surface area contributed by atoms with Crippen LogP contribution in [0.4, 0.5) is 0 Å². The molecule has 1 amide bonds. The summed E-state index contributed by atoms with van der Waals surface area (Å²) >= 11 is 0. The van der Waals surface area contributed by atoms with Crippen LogP contribution in [0.15, 0.2) is 42.5 Å². The molecule has 2 unspecified atom stereocenters. The molecule has 0 bridgehead atoms. The van der Waals surface area contributed by atoms with E-state index in [2.05, 4.69) is 9.80 Å². The number of hydrogen-bond acceptors (Lipinski definition) is 8. The number of hydrogen-bond donors (Lipinski definition) is 2. The molecule has 9 heteroatoms. The van der Waals surface area contributed by atoms with Crippen LogP contribution in [-0.2, 0) is 4.79 Å². The van der Waals surface area contributed by atoms with Gasteiger partial charge in [0.05, 0.1) is 21.3 Å². The highest BCUT2D eigenvalue weighted by molar-refractivity contribution is 5.81. The van der Waals surface area contributed by atoms with Crippen LogP contribution in [0, 0.1) is 0 Å². The van der Waals surface area contributed by atoms with E-state index in [4.69, 9.17) is 24.7 Å². The maximum Gasteiger partial charge on any atom is 0.239 e. The van der Waals surface area contributed by atoms with Crippen molar-refractivity contribution < 1.29 is 28.8 Å². The van der Waals surface area contributed by atoms with Crippen molar-refractivity contribution in [3.8, 4) is 23.0 Å². The van der Waals surface area contributed by atoms with Crippen LogP contribution in [0.3, 0.4) is 0 Å². The van der Waals surface area contributed by atoms with Crippen molar-refractivity contribution in [1.82, 2.24) is 9.80 Å². The van der Waals surface area contributed by atoms with Gasteiger partial charge in [-0.3, -0.25) is 14.6 Å². The smallest absolute Gasteiger partial charge is 0.239 e. The predicted octanol–water partition coefficient (Wildman–Crippen LogP) is 1.30. The molecule has 33 heavy (non-hydrogen) atoms. The maximum absolute atomic E-state index is 12.3. The number of ether oxygens (including phenoxy) is 4. The number of piperazine rings is 1. The summed E-state index contributed by atoms with van der Waals surface area (Å²) in [5.41, 5.74) is 6.53. The van der Waals surface area contributed by atoms with Crippen LogP contribution in [0.25, 0.3) is 0 Å². The van der Waals surface area contributed by atoms with E-state index in [0.717, 1.165) is 5.56 Å². The molecule has 3 rings (SSSR count). The van der Waals surface area contributed by atoms with E-state index in [-0.39, 0.29) is 6.61 Å². The third-order valence-electron chi connectivity index (χ3n) is 5.73. The van der Waals surface area contributed by atoms with Gasteiger partial charge in [-0.1, -0.05) is 18.2 Å². The van der Waals surface area contributed by atoms with Crippen LogP contribution in [0.2, 0.25) is 0 Å². The number of benzene rings is 2.